The number of aromatic nitrogens is 4. The van der Waals surface area contributed by atoms with Crippen LogP contribution in [0.4, 0.5) is 49.6 Å². The van der Waals surface area contributed by atoms with E-state index in [0.717, 1.165) is 60.7 Å². The predicted octanol–water partition coefficient (Wildman–Crippen LogP) is 14.8. The van der Waals surface area contributed by atoms with E-state index < -0.39 is 30.5 Å². The number of aryl methyl sites for hydroxylation is 2. The van der Waals surface area contributed by atoms with Gasteiger partial charge in [0.15, 0.2) is 5.78 Å². The number of halogens is 6. The maximum absolute atomic E-state index is 12.9. The first-order valence-electron chi connectivity index (χ1n) is 28.2. The molecule has 456 valence electrons. The standard InChI is InChI=1S/C32H40F3N3O6.C30H36F3N3O4/c1-20-14-26-25(15-24(20)31(42-12-13-43-31)18-27(40)41-11-10-39)37-28(36-21-6-8-23(9-7-21)44-32(33,34)35)38(26)22-16-29(2,3)19-30(4,5)17-22;1-7-39-26(38)14-25(37)22-13-23-24(12-18(22)2)36(20-15-28(3,4)17-29(5,6)16-20)27(35-23)34-19-8-10-21(11-9-19)40-30(31,32)33/h6-9,14-15,22,39H,10-13,16-19H2,1-5H3,(H,36,37);8-13,20H,7,14-17H2,1-6H3,(H,34,35). The molecule has 2 saturated carbocycles. The number of hydrogen-bond acceptors (Lipinski definition) is 14. The lowest BCUT2D eigenvalue weighted by Gasteiger charge is -2.45. The summed E-state index contributed by atoms with van der Waals surface area (Å²) in [6.45, 7) is 23.9. The number of nitrogens with zero attached hydrogens (tertiary/aromatic N) is 4. The second kappa shape index (κ2) is 24.2. The first-order valence-corrected chi connectivity index (χ1v) is 28.2. The molecule has 3 N–H and O–H groups in total. The number of hydrogen-bond donors (Lipinski definition) is 3. The molecule has 6 aromatic rings. The highest BCUT2D eigenvalue weighted by molar-refractivity contribution is 6.08. The number of imidazole rings is 2. The van der Waals surface area contributed by atoms with E-state index in [-0.39, 0.29) is 83.7 Å². The second-order valence-corrected chi connectivity index (χ2v) is 25.4. The Morgan fingerprint density at radius 2 is 1.06 bits per heavy atom. The maximum atomic E-state index is 12.9. The Kier molecular flexibility index (Phi) is 18.2. The van der Waals surface area contributed by atoms with Gasteiger partial charge in [-0.25, -0.2) is 9.97 Å². The summed E-state index contributed by atoms with van der Waals surface area (Å²) < 4.78 is 110. The normalized spacial score (nSPS) is 18.4. The third-order valence-electron chi connectivity index (χ3n) is 15.4. The summed E-state index contributed by atoms with van der Waals surface area (Å²) in [6, 6.07) is 18.7. The predicted molar refractivity (Wildman–Crippen MR) is 304 cm³/mol. The first-order chi connectivity index (χ1) is 39.1. The lowest BCUT2D eigenvalue weighted by Crippen LogP contribution is -2.35. The van der Waals surface area contributed by atoms with Gasteiger partial charge in [-0.15, -0.1) is 26.3 Å². The van der Waals surface area contributed by atoms with Crippen molar-refractivity contribution in [1.29, 1.82) is 0 Å². The minimum Gasteiger partial charge on any atom is -0.466 e. The molecule has 16 nitrogen and oxygen atoms in total. The molecule has 1 aliphatic heterocycles. The minimum absolute atomic E-state index is 0.0658. The van der Waals surface area contributed by atoms with Gasteiger partial charge in [0.2, 0.25) is 17.7 Å². The number of carbonyl (C=O) groups is 3. The molecule has 3 aliphatic rings. The fraction of sp³-hybridized carbons (Fsp3) is 0.532. The lowest BCUT2D eigenvalue weighted by atomic mass is 9.63. The van der Waals surface area contributed by atoms with Crippen LogP contribution in [0.15, 0.2) is 72.8 Å². The van der Waals surface area contributed by atoms with Crippen LogP contribution in [0.3, 0.4) is 0 Å². The average Bonchev–Trinajstić information content (AvgIpc) is 1.71. The summed E-state index contributed by atoms with van der Waals surface area (Å²) in [5.74, 6) is -2.40. The van der Waals surface area contributed by atoms with Gasteiger partial charge in [-0.2, -0.15) is 0 Å². The largest absolute Gasteiger partial charge is 0.573 e. The molecule has 2 aliphatic carbocycles. The molecule has 3 heterocycles. The summed E-state index contributed by atoms with van der Waals surface area (Å²) in [4.78, 5) is 47.3. The molecule has 0 radical (unpaired) electrons. The summed E-state index contributed by atoms with van der Waals surface area (Å²) in [7, 11) is 0. The van der Waals surface area contributed by atoms with E-state index in [1.165, 1.54) is 48.5 Å². The summed E-state index contributed by atoms with van der Waals surface area (Å²) in [5, 5.41) is 15.7. The van der Waals surface area contributed by atoms with E-state index in [0.29, 0.717) is 58.6 Å². The van der Waals surface area contributed by atoms with Gasteiger partial charge in [0.25, 0.3) is 0 Å². The van der Waals surface area contributed by atoms with E-state index in [4.69, 9.17) is 34.0 Å². The third-order valence-corrected chi connectivity index (χ3v) is 15.4. The number of nitrogens with one attached hydrogen (secondary N) is 2. The zero-order chi connectivity index (χ0) is 61.4. The number of rotatable bonds is 17. The molecular weight excluding hydrogens is 1100 g/mol. The highest BCUT2D eigenvalue weighted by Crippen LogP contribution is 2.53. The van der Waals surface area contributed by atoms with Crippen LogP contribution in [0.5, 0.6) is 11.5 Å². The highest BCUT2D eigenvalue weighted by Gasteiger charge is 2.45. The number of carbonyl (C=O) groups excluding carboxylic acids is 3. The fourth-order valence-electron chi connectivity index (χ4n) is 13.4. The Morgan fingerprint density at radius 1 is 0.631 bits per heavy atom. The molecule has 0 bridgehead atoms. The molecule has 2 aromatic heterocycles. The van der Waals surface area contributed by atoms with E-state index in [1.54, 1.807) is 13.0 Å². The van der Waals surface area contributed by atoms with Crippen LogP contribution < -0.4 is 20.1 Å². The van der Waals surface area contributed by atoms with Gasteiger partial charge in [-0.3, -0.25) is 14.4 Å². The number of esters is 2. The van der Waals surface area contributed by atoms with Crippen LogP contribution in [0, 0.1) is 35.5 Å². The molecule has 9 rings (SSSR count). The van der Waals surface area contributed by atoms with Crippen molar-refractivity contribution in [2.45, 2.75) is 158 Å². The van der Waals surface area contributed by atoms with Crippen LogP contribution in [-0.4, -0.2) is 87.7 Å². The van der Waals surface area contributed by atoms with Crippen molar-refractivity contribution in [3.05, 3.63) is 95.1 Å². The Morgan fingerprint density at radius 3 is 1.48 bits per heavy atom. The highest BCUT2D eigenvalue weighted by atomic mass is 19.4. The lowest BCUT2D eigenvalue weighted by molar-refractivity contribution is -0.275. The van der Waals surface area contributed by atoms with Crippen molar-refractivity contribution >= 4 is 63.1 Å². The molecule has 0 amide bonds. The Bertz CT molecular complexity index is 3310. The number of benzene rings is 4. The first kappa shape index (κ1) is 63.1. The minimum atomic E-state index is -4.78. The molecule has 1 saturated heterocycles. The SMILES string of the molecule is CCOC(=O)CC(=O)c1cc2nc(Nc3ccc(OC(F)(F)F)cc3)n(C3CC(C)(C)CC(C)(C)C3)c2cc1C.Cc1cc2c(cc1C1(CC(=O)OCCO)OCCO1)nc(Nc1ccc(OC(F)(F)F)cc1)n2C1CC(C)(C)CC(C)(C)C1. The van der Waals surface area contributed by atoms with Crippen LogP contribution in [0.25, 0.3) is 22.1 Å². The van der Waals surface area contributed by atoms with Crippen molar-refractivity contribution in [3.8, 4) is 11.5 Å². The number of fused-ring (bicyclic) bond motifs is 2. The van der Waals surface area contributed by atoms with Gasteiger partial charge in [0.05, 0.1) is 48.5 Å². The van der Waals surface area contributed by atoms with Gasteiger partial charge in [0, 0.05) is 34.6 Å². The van der Waals surface area contributed by atoms with E-state index >= 15 is 0 Å². The summed E-state index contributed by atoms with van der Waals surface area (Å²) in [5.41, 5.74) is 6.91. The molecule has 22 heteroatoms. The summed E-state index contributed by atoms with van der Waals surface area (Å²) >= 11 is 0. The van der Waals surface area contributed by atoms with Crippen LogP contribution in [0.2, 0.25) is 0 Å². The van der Waals surface area contributed by atoms with Gasteiger partial charge in [0.1, 0.15) is 30.9 Å². The summed E-state index contributed by atoms with van der Waals surface area (Å²) in [6.07, 6.45) is -4.36. The smallest absolute Gasteiger partial charge is 0.466 e. The zero-order valence-corrected chi connectivity index (χ0v) is 49.5. The molecular formula is C62H76F6N6O10. The Hall–Kier alpha value is -6.91. The third kappa shape index (κ3) is 15.7. The molecule has 84 heavy (non-hydrogen) atoms. The van der Waals surface area contributed by atoms with Crippen LogP contribution in [0.1, 0.15) is 153 Å². The number of Topliss-reactive ketones (excluding diaryl/α,β-unsaturated/α-hetero) is 1. The van der Waals surface area contributed by atoms with Crippen molar-refractivity contribution in [2.24, 2.45) is 21.7 Å². The van der Waals surface area contributed by atoms with E-state index in [9.17, 15) is 40.7 Å². The zero-order valence-electron chi connectivity index (χ0n) is 49.5. The monoisotopic (exact) mass is 1180 g/mol. The van der Waals surface area contributed by atoms with E-state index in [1.807, 2.05) is 32.0 Å². The average molecular weight is 1180 g/mol. The van der Waals surface area contributed by atoms with Crippen LogP contribution in [-0.2, 0) is 34.3 Å². The van der Waals surface area contributed by atoms with Crippen LogP contribution >= 0.6 is 0 Å². The number of aliphatic hydroxyl groups is 1. The van der Waals surface area contributed by atoms with Gasteiger partial charge >= 0.3 is 24.7 Å². The van der Waals surface area contributed by atoms with Gasteiger partial charge in [-0.05, 0) is 165 Å². The fourth-order valence-corrected chi connectivity index (χ4v) is 13.4. The second-order valence-electron chi connectivity index (χ2n) is 25.4. The number of ketones is 1. The van der Waals surface area contributed by atoms with Crippen molar-refractivity contribution < 1.29 is 74.3 Å². The number of anilines is 4. The van der Waals surface area contributed by atoms with E-state index in [2.05, 4.69) is 84.6 Å². The van der Waals surface area contributed by atoms with Gasteiger partial charge in [-0.1, -0.05) is 55.4 Å². The molecule has 4 aromatic carbocycles. The maximum Gasteiger partial charge on any atom is 0.573 e. The molecule has 0 atom stereocenters. The number of aliphatic hydroxyl groups excluding tert-OH is 1. The van der Waals surface area contributed by atoms with Crippen molar-refractivity contribution in [3.63, 3.8) is 0 Å². The number of ether oxygens (including phenoxy) is 6. The Labute approximate surface area is 484 Å². The van der Waals surface area contributed by atoms with Gasteiger partial charge < -0.3 is 53.3 Å². The quantitative estimate of drug-likeness (QED) is 0.0339. The molecule has 3 fully saturated rings. The topological polar surface area (TPSA) is 187 Å². The Balaban J connectivity index is 0.000000220. The number of alkyl halides is 6. The molecule has 0 spiro atoms. The van der Waals surface area contributed by atoms with Crippen molar-refractivity contribution in [2.75, 3.05) is 43.7 Å². The molecule has 0 unspecified atom stereocenters. The van der Waals surface area contributed by atoms with Crippen molar-refractivity contribution in [1.82, 2.24) is 19.1 Å².